The van der Waals surface area contributed by atoms with Gasteiger partial charge in [-0.15, -0.1) is 0 Å². The maximum absolute atomic E-state index is 13.3. The van der Waals surface area contributed by atoms with E-state index in [2.05, 4.69) is 21.8 Å². The van der Waals surface area contributed by atoms with Crippen molar-refractivity contribution in [3.63, 3.8) is 0 Å². The number of ether oxygens (including phenoxy) is 1. The number of anilines is 1. The van der Waals surface area contributed by atoms with Gasteiger partial charge in [0, 0.05) is 37.3 Å². The van der Waals surface area contributed by atoms with Crippen molar-refractivity contribution in [2.24, 2.45) is 0 Å². The number of nitrogens with zero attached hydrogens (tertiary/aromatic N) is 4. The van der Waals surface area contributed by atoms with Crippen LogP contribution in [0.3, 0.4) is 0 Å². The highest BCUT2D eigenvalue weighted by molar-refractivity contribution is 6.32. The van der Waals surface area contributed by atoms with Crippen LogP contribution in [-0.2, 0) is 6.42 Å². The van der Waals surface area contributed by atoms with Gasteiger partial charge in [-0.05, 0) is 49.2 Å². The van der Waals surface area contributed by atoms with Crippen molar-refractivity contribution in [1.82, 2.24) is 14.9 Å². The van der Waals surface area contributed by atoms with Gasteiger partial charge in [-0.1, -0.05) is 30.7 Å². The van der Waals surface area contributed by atoms with Gasteiger partial charge in [0.15, 0.2) is 0 Å². The molecule has 1 amide bonds. The van der Waals surface area contributed by atoms with Gasteiger partial charge < -0.3 is 14.5 Å². The number of hydrogen-bond donors (Lipinski definition) is 0. The maximum atomic E-state index is 13.3. The van der Waals surface area contributed by atoms with Gasteiger partial charge >= 0.3 is 0 Å². The van der Waals surface area contributed by atoms with Crippen LogP contribution in [0.1, 0.15) is 29.8 Å². The quantitative estimate of drug-likeness (QED) is 0.544. The van der Waals surface area contributed by atoms with Crippen LogP contribution in [0.2, 0.25) is 5.02 Å². The fourth-order valence-corrected chi connectivity index (χ4v) is 3.95. The number of benzene rings is 2. The topological polar surface area (TPSA) is 58.6 Å². The average molecular weight is 455 g/mol. The Morgan fingerprint density at radius 2 is 1.94 bits per heavy atom. The van der Waals surface area contributed by atoms with Crippen LogP contribution < -0.4 is 9.64 Å². The number of aryl methyl sites for hydroxylation is 1. The zero-order valence-corrected chi connectivity index (χ0v) is 18.7. The molecule has 0 spiro atoms. The molecule has 2 aromatic carbocycles. The van der Waals surface area contributed by atoms with Gasteiger partial charge in [0.05, 0.1) is 5.02 Å². The Kier molecular flexibility index (Phi) is 6.55. The van der Waals surface area contributed by atoms with Crippen molar-refractivity contribution in [1.29, 1.82) is 0 Å². The zero-order valence-electron chi connectivity index (χ0n) is 18.0. The standard InChI is InChI=1S/C24H24ClFN4O2/c1-3-17-4-6-18(7-5-17)24(31)30-11-10-29(14-16(30)2)22-13-23(28-15-27-22)32-21-9-8-19(26)12-20(21)25/h4-9,12-13,15-16H,3,10-11,14H2,1-2H3. The summed E-state index contributed by atoms with van der Waals surface area (Å²) in [6.07, 6.45) is 2.36. The van der Waals surface area contributed by atoms with Gasteiger partial charge in [-0.3, -0.25) is 4.79 Å². The molecule has 1 fully saturated rings. The van der Waals surface area contributed by atoms with Gasteiger partial charge in [0.1, 0.15) is 23.7 Å². The van der Waals surface area contributed by atoms with E-state index in [1.807, 2.05) is 36.1 Å². The minimum Gasteiger partial charge on any atom is -0.437 e. The summed E-state index contributed by atoms with van der Waals surface area (Å²) in [6, 6.07) is 13.4. The van der Waals surface area contributed by atoms with Gasteiger partial charge in [0.2, 0.25) is 5.88 Å². The molecule has 1 aliphatic heterocycles. The normalized spacial score (nSPS) is 16.2. The lowest BCUT2D eigenvalue weighted by atomic mass is 10.1. The van der Waals surface area contributed by atoms with Gasteiger partial charge in [-0.2, -0.15) is 0 Å². The molecular formula is C24H24ClFN4O2. The van der Waals surface area contributed by atoms with Crippen LogP contribution in [0.5, 0.6) is 11.6 Å². The molecule has 1 aliphatic rings. The van der Waals surface area contributed by atoms with Crippen LogP contribution in [0, 0.1) is 5.82 Å². The van der Waals surface area contributed by atoms with Crippen LogP contribution in [0.4, 0.5) is 10.2 Å². The lowest BCUT2D eigenvalue weighted by Gasteiger charge is -2.40. The highest BCUT2D eigenvalue weighted by Gasteiger charge is 2.29. The first-order valence-electron chi connectivity index (χ1n) is 10.5. The van der Waals surface area contributed by atoms with E-state index >= 15 is 0 Å². The summed E-state index contributed by atoms with van der Waals surface area (Å²) in [5.41, 5.74) is 1.92. The third-order valence-corrected chi connectivity index (χ3v) is 5.85. The third kappa shape index (κ3) is 4.83. The van der Waals surface area contributed by atoms with Crippen molar-refractivity contribution < 1.29 is 13.9 Å². The number of halogens is 2. The monoisotopic (exact) mass is 454 g/mol. The molecule has 1 saturated heterocycles. The van der Waals surface area contributed by atoms with E-state index in [0.717, 1.165) is 6.42 Å². The summed E-state index contributed by atoms with van der Waals surface area (Å²) in [5, 5.41) is 0.165. The Morgan fingerprint density at radius 3 is 2.62 bits per heavy atom. The van der Waals surface area contributed by atoms with Crippen LogP contribution in [0.25, 0.3) is 0 Å². The van der Waals surface area contributed by atoms with E-state index in [4.69, 9.17) is 16.3 Å². The lowest BCUT2D eigenvalue weighted by molar-refractivity contribution is 0.0673. The summed E-state index contributed by atoms with van der Waals surface area (Å²) in [5.74, 6) is 0.923. The van der Waals surface area contributed by atoms with E-state index in [9.17, 15) is 9.18 Å². The SMILES string of the molecule is CCc1ccc(C(=O)N2CCN(c3cc(Oc4ccc(F)cc4Cl)ncn3)CC2C)cc1. The Balaban J connectivity index is 1.43. The number of aromatic nitrogens is 2. The van der Waals surface area contributed by atoms with E-state index in [0.29, 0.717) is 42.6 Å². The molecule has 166 valence electrons. The number of hydrogen-bond acceptors (Lipinski definition) is 5. The molecule has 4 rings (SSSR count). The molecular weight excluding hydrogens is 431 g/mol. The van der Waals surface area contributed by atoms with E-state index < -0.39 is 5.82 Å². The highest BCUT2D eigenvalue weighted by Crippen LogP contribution is 2.30. The predicted molar refractivity (Wildman–Crippen MR) is 122 cm³/mol. The minimum atomic E-state index is -0.437. The first-order chi connectivity index (χ1) is 15.4. The minimum absolute atomic E-state index is 0.00739. The molecule has 0 N–H and O–H groups in total. The predicted octanol–water partition coefficient (Wildman–Crippen LogP) is 4.97. The first kappa shape index (κ1) is 22.0. The number of piperazine rings is 1. The summed E-state index contributed by atoms with van der Waals surface area (Å²) in [6.45, 7) is 5.97. The third-order valence-electron chi connectivity index (χ3n) is 5.56. The molecule has 0 radical (unpaired) electrons. The summed E-state index contributed by atoms with van der Waals surface area (Å²) in [7, 11) is 0. The van der Waals surface area contributed by atoms with E-state index in [1.165, 1.54) is 30.1 Å². The molecule has 1 aromatic heterocycles. The fraction of sp³-hybridized carbons (Fsp3) is 0.292. The molecule has 2 heterocycles. The summed E-state index contributed by atoms with van der Waals surface area (Å²) >= 11 is 6.04. The number of carbonyl (C=O) groups is 1. The van der Waals surface area contributed by atoms with Crippen molar-refractivity contribution in [2.45, 2.75) is 26.3 Å². The second-order valence-corrected chi connectivity index (χ2v) is 8.14. The Bertz CT molecular complexity index is 1110. The second kappa shape index (κ2) is 9.53. The molecule has 0 bridgehead atoms. The molecule has 0 saturated carbocycles. The molecule has 3 aromatic rings. The number of rotatable bonds is 5. The largest absolute Gasteiger partial charge is 0.437 e. The smallest absolute Gasteiger partial charge is 0.254 e. The fourth-order valence-electron chi connectivity index (χ4n) is 3.75. The highest BCUT2D eigenvalue weighted by atomic mass is 35.5. The molecule has 1 atom stereocenters. The van der Waals surface area contributed by atoms with Crippen LogP contribution in [0.15, 0.2) is 54.9 Å². The van der Waals surface area contributed by atoms with Gasteiger partial charge in [0.25, 0.3) is 5.91 Å². The number of amides is 1. The molecule has 32 heavy (non-hydrogen) atoms. The zero-order chi connectivity index (χ0) is 22.7. The van der Waals surface area contributed by atoms with Gasteiger partial charge in [-0.25, -0.2) is 14.4 Å². The summed E-state index contributed by atoms with van der Waals surface area (Å²) < 4.78 is 19.0. The van der Waals surface area contributed by atoms with Crippen LogP contribution >= 0.6 is 11.6 Å². The van der Waals surface area contributed by atoms with E-state index in [1.54, 1.807) is 6.07 Å². The van der Waals surface area contributed by atoms with Crippen LogP contribution in [-0.4, -0.2) is 46.5 Å². The summed E-state index contributed by atoms with van der Waals surface area (Å²) in [4.78, 5) is 25.5. The van der Waals surface area contributed by atoms with E-state index in [-0.39, 0.29) is 17.0 Å². The molecule has 1 unspecified atom stereocenters. The van der Waals surface area contributed by atoms with Crippen molar-refractivity contribution in [3.8, 4) is 11.6 Å². The average Bonchev–Trinajstić information content (AvgIpc) is 2.81. The lowest BCUT2D eigenvalue weighted by Crippen LogP contribution is -2.54. The van der Waals surface area contributed by atoms with Crippen molar-refractivity contribution in [3.05, 3.63) is 76.8 Å². The Labute approximate surface area is 191 Å². The number of carbonyl (C=O) groups excluding carboxylic acids is 1. The first-order valence-corrected chi connectivity index (χ1v) is 10.9. The molecule has 0 aliphatic carbocycles. The maximum Gasteiger partial charge on any atom is 0.254 e. The Morgan fingerprint density at radius 1 is 1.16 bits per heavy atom. The Hall–Kier alpha value is -3.19. The van der Waals surface area contributed by atoms with Crippen molar-refractivity contribution in [2.75, 3.05) is 24.5 Å². The van der Waals surface area contributed by atoms with Crippen molar-refractivity contribution >= 4 is 23.3 Å². The molecule has 6 nitrogen and oxygen atoms in total. The molecule has 8 heteroatoms. The second-order valence-electron chi connectivity index (χ2n) is 7.74.